The Balaban J connectivity index is 1.69. The maximum atomic E-state index is 10.5. The molecule has 2 N–H and O–H groups in total. The summed E-state index contributed by atoms with van der Waals surface area (Å²) >= 11 is 0. The molecule has 1 saturated heterocycles. The van der Waals surface area contributed by atoms with E-state index in [1.165, 1.54) is 5.56 Å². The molecule has 2 heterocycles. The maximum absolute atomic E-state index is 10.5. The second kappa shape index (κ2) is 5.48. The van der Waals surface area contributed by atoms with Gasteiger partial charge in [0.05, 0.1) is 11.6 Å². The van der Waals surface area contributed by atoms with Gasteiger partial charge in [-0.25, -0.2) is 0 Å². The lowest BCUT2D eigenvalue weighted by atomic mass is 9.96. The standard InChI is InChI=1S/C16H20N2O2/c1-12-16(19,7-9-20-12)11-17-10-13-6-8-18-15-5-3-2-4-14(13)15/h2-6,8,12,17,19H,7,9-11H2,1H3. The Morgan fingerprint density at radius 1 is 1.40 bits per heavy atom. The number of ether oxygens (including phenoxy) is 1. The molecule has 0 bridgehead atoms. The van der Waals surface area contributed by atoms with Crippen molar-refractivity contribution in [2.24, 2.45) is 0 Å². The third kappa shape index (κ3) is 2.54. The Kier molecular flexibility index (Phi) is 3.70. The molecule has 1 aromatic carbocycles. The fraction of sp³-hybridized carbons (Fsp3) is 0.438. The van der Waals surface area contributed by atoms with Crippen molar-refractivity contribution in [1.82, 2.24) is 10.3 Å². The van der Waals surface area contributed by atoms with Gasteiger partial charge in [-0.15, -0.1) is 0 Å². The predicted octanol–water partition coefficient (Wildman–Crippen LogP) is 1.86. The summed E-state index contributed by atoms with van der Waals surface area (Å²) in [6.07, 6.45) is 2.41. The molecule has 1 aromatic heterocycles. The molecular weight excluding hydrogens is 252 g/mol. The number of pyridine rings is 1. The van der Waals surface area contributed by atoms with Crippen molar-refractivity contribution in [1.29, 1.82) is 0 Å². The van der Waals surface area contributed by atoms with Crippen LogP contribution >= 0.6 is 0 Å². The van der Waals surface area contributed by atoms with E-state index in [2.05, 4.69) is 16.4 Å². The molecule has 2 unspecified atom stereocenters. The van der Waals surface area contributed by atoms with Crippen molar-refractivity contribution < 1.29 is 9.84 Å². The van der Waals surface area contributed by atoms with Gasteiger partial charge in [-0.1, -0.05) is 18.2 Å². The van der Waals surface area contributed by atoms with Crippen molar-refractivity contribution >= 4 is 10.9 Å². The highest BCUT2D eigenvalue weighted by atomic mass is 16.5. The fourth-order valence-electron chi connectivity index (χ4n) is 2.73. The maximum Gasteiger partial charge on any atom is 0.105 e. The van der Waals surface area contributed by atoms with Crippen LogP contribution in [0, 0.1) is 0 Å². The summed E-state index contributed by atoms with van der Waals surface area (Å²) in [4.78, 5) is 4.36. The van der Waals surface area contributed by atoms with Crippen LogP contribution in [0.3, 0.4) is 0 Å². The quantitative estimate of drug-likeness (QED) is 0.892. The average molecular weight is 272 g/mol. The Labute approximate surface area is 118 Å². The van der Waals surface area contributed by atoms with Gasteiger partial charge in [0.25, 0.3) is 0 Å². The molecule has 1 aliphatic rings. The largest absolute Gasteiger partial charge is 0.386 e. The van der Waals surface area contributed by atoms with Crippen LogP contribution in [-0.4, -0.2) is 34.9 Å². The normalized spacial score (nSPS) is 26.2. The summed E-state index contributed by atoms with van der Waals surface area (Å²) < 4.78 is 5.44. The molecule has 4 nitrogen and oxygen atoms in total. The monoisotopic (exact) mass is 272 g/mol. The molecular formula is C16H20N2O2. The summed E-state index contributed by atoms with van der Waals surface area (Å²) in [5.74, 6) is 0. The lowest BCUT2D eigenvalue weighted by Gasteiger charge is -2.26. The van der Waals surface area contributed by atoms with Crippen LogP contribution in [0.5, 0.6) is 0 Å². The van der Waals surface area contributed by atoms with Gasteiger partial charge in [0.2, 0.25) is 0 Å². The van der Waals surface area contributed by atoms with E-state index in [4.69, 9.17) is 4.74 Å². The third-order valence-corrected chi connectivity index (χ3v) is 4.15. The summed E-state index contributed by atoms with van der Waals surface area (Å²) in [5.41, 5.74) is 1.46. The minimum absolute atomic E-state index is 0.107. The third-order valence-electron chi connectivity index (χ3n) is 4.15. The van der Waals surface area contributed by atoms with Crippen molar-refractivity contribution in [2.75, 3.05) is 13.2 Å². The second-order valence-electron chi connectivity index (χ2n) is 5.46. The van der Waals surface area contributed by atoms with Crippen LogP contribution in [-0.2, 0) is 11.3 Å². The van der Waals surface area contributed by atoms with Gasteiger partial charge in [0.1, 0.15) is 5.60 Å². The lowest BCUT2D eigenvalue weighted by Crippen LogP contribution is -2.45. The first-order valence-corrected chi connectivity index (χ1v) is 7.06. The molecule has 4 heteroatoms. The van der Waals surface area contributed by atoms with Crippen molar-refractivity contribution in [3.8, 4) is 0 Å². The van der Waals surface area contributed by atoms with Crippen LogP contribution in [0.4, 0.5) is 0 Å². The molecule has 1 aliphatic heterocycles. The van der Waals surface area contributed by atoms with Crippen LogP contribution in [0.1, 0.15) is 18.9 Å². The number of benzene rings is 1. The van der Waals surface area contributed by atoms with E-state index in [0.717, 1.165) is 17.4 Å². The predicted molar refractivity (Wildman–Crippen MR) is 78.4 cm³/mol. The first-order chi connectivity index (χ1) is 9.69. The Hall–Kier alpha value is -1.49. The number of nitrogens with zero attached hydrogens (tertiary/aromatic N) is 1. The van der Waals surface area contributed by atoms with E-state index in [-0.39, 0.29) is 6.10 Å². The summed E-state index contributed by atoms with van der Waals surface area (Å²) in [7, 11) is 0. The first kappa shape index (κ1) is 13.5. The van der Waals surface area contributed by atoms with Gasteiger partial charge in [-0.3, -0.25) is 4.98 Å². The van der Waals surface area contributed by atoms with Gasteiger partial charge in [0, 0.05) is 37.7 Å². The number of aliphatic hydroxyl groups is 1. The highest BCUT2D eigenvalue weighted by molar-refractivity contribution is 5.81. The summed E-state index contributed by atoms with van der Waals surface area (Å²) in [6, 6.07) is 10.1. The molecule has 0 saturated carbocycles. The zero-order chi connectivity index (χ0) is 14.0. The molecule has 0 aliphatic carbocycles. The van der Waals surface area contributed by atoms with E-state index in [1.807, 2.05) is 37.4 Å². The Bertz CT molecular complexity index is 597. The van der Waals surface area contributed by atoms with Gasteiger partial charge >= 0.3 is 0 Å². The van der Waals surface area contributed by atoms with E-state index >= 15 is 0 Å². The smallest absolute Gasteiger partial charge is 0.105 e. The Morgan fingerprint density at radius 3 is 3.05 bits per heavy atom. The van der Waals surface area contributed by atoms with E-state index < -0.39 is 5.60 Å². The number of fused-ring (bicyclic) bond motifs is 1. The summed E-state index contributed by atoms with van der Waals surface area (Å²) in [6.45, 7) is 3.83. The van der Waals surface area contributed by atoms with Crippen LogP contribution < -0.4 is 5.32 Å². The van der Waals surface area contributed by atoms with E-state index in [9.17, 15) is 5.11 Å². The number of aromatic nitrogens is 1. The van der Waals surface area contributed by atoms with Gasteiger partial charge in [-0.05, 0) is 24.6 Å². The van der Waals surface area contributed by atoms with Crippen molar-refractivity contribution in [3.05, 3.63) is 42.1 Å². The second-order valence-corrected chi connectivity index (χ2v) is 5.46. The van der Waals surface area contributed by atoms with Gasteiger partial charge < -0.3 is 15.2 Å². The number of para-hydroxylation sites is 1. The van der Waals surface area contributed by atoms with Crippen LogP contribution in [0.15, 0.2) is 36.5 Å². The molecule has 20 heavy (non-hydrogen) atoms. The van der Waals surface area contributed by atoms with Gasteiger partial charge in [0.15, 0.2) is 0 Å². The molecule has 106 valence electrons. The fourth-order valence-corrected chi connectivity index (χ4v) is 2.73. The number of rotatable bonds is 4. The highest BCUT2D eigenvalue weighted by Gasteiger charge is 2.38. The minimum Gasteiger partial charge on any atom is -0.386 e. The van der Waals surface area contributed by atoms with Crippen molar-refractivity contribution in [2.45, 2.75) is 31.6 Å². The zero-order valence-corrected chi connectivity index (χ0v) is 11.7. The summed E-state index contributed by atoms with van der Waals surface area (Å²) in [5, 5.41) is 15.0. The molecule has 2 aromatic rings. The molecule has 3 rings (SSSR count). The number of nitrogens with one attached hydrogen (secondary N) is 1. The minimum atomic E-state index is -0.747. The van der Waals surface area contributed by atoms with Gasteiger partial charge in [-0.2, -0.15) is 0 Å². The van der Waals surface area contributed by atoms with Crippen LogP contribution in [0.2, 0.25) is 0 Å². The topological polar surface area (TPSA) is 54.4 Å². The molecule has 2 atom stereocenters. The lowest BCUT2D eigenvalue weighted by molar-refractivity contribution is -0.0262. The zero-order valence-electron chi connectivity index (χ0n) is 11.7. The molecule has 1 fully saturated rings. The number of hydrogen-bond acceptors (Lipinski definition) is 4. The molecule has 0 radical (unpaired) electrons. The highest BCUT2D eigenvalue weighted by Crippen LogP contribution is 2.25. The molecule has 0 amide bonds. The molecule has 0 spiro atoms. The average Bonchev–Trinajstić information content (AvgIpc) is 2.79. The van der Waals surface area contributed by atoms with Crippen LogP contribution in [0.25, 0.3) is 10.9 Å². The first-order valence-electron chi connectivity index (χ1n) is 7.06. The van der Waals surface area contributed by atoms with Crippen molar-refractivity contribution in [3.63, 3.8) is 0 Å². The van der Waals surface area contributed by atoms with E-state index in [1.54, 1.807) is 0 Å². The van der Waals surface area contributed by atoms with E-state index in [0.29, 0.717) is 19.6 Å². The Morgan fingerprint density at radius 2 is 2.25 bits per heavy atom. The number of hydrogen-bond donors (Lipinski definition) is 2. The SMILES string of the molecule is CC1OCCC1(O)CNCc1ccnc2ccccc12.